The smallest absolute Gasteiger partial charge is 0.169 e. The quantitative estimate of drug-likeness (QED) is 0.401. The van der Waals surface area contributed by atoms with E-state index in [4.69, 9.17) is 13.0 Å². The number of rotatable bonds is 3. The zero-order valence-corrected chi connectivity index (χ0v) is 13.5. The van der Waals surface area contributed by atoms with Crippen molar-refractivity contribution in [3.05, 3.63) is 59.9 Å². The monoisotopic (exact) mass is 321 g/mol. The Hall–Kier alpha value is -2.25. The van der Waals surface area contributed by atoms with Crippen molar-refractivity contribution in [1.82, 2.24) is 0 Å². The number of nitrogens with zero attached hydrogens (tertiary/aromatic N) is 2. The van der Waals surface area contributed by atoms with E-state index in [2.05, 4.69) is 23.5 Å². The van der Waals surface area contributed by atoms with Gasteiger partial charge in [0.2, 0.25) is 0 Å². The molecule has 0 aliphatic rings. The van der Waals surface area contributed by atoms with Crippen LogP contribution in [0.5, 0.6) is 0 Å². The Morgan fingerprint density at radius 2 is 1.73 bits per heavy atom. The fourth-order valence-corrected chi connectivity index (χ4v) is 1.47. The Kier molecular flexibility index (Phi) is 6.68. The van der Waals surface area contributed by atoms with Crippen molar-refractivity contribution in [2.45, 2.75) is 6.92 Å². The maximum atomic E-state index is 9.08. The highest BCUT2D eigenvalue weighted by atomic mass is 32.2. The first kappa shape index (κ1) is 17.8. The molecule has 1 N–H and O–H groups in total. The van der Waals surface area contributed by atoms with E-state index in [9.17, 15) is 0 Å². The van der Waals surface area contributed by atoms with Crippen molar-refractivity contribution in [3.63, 3.8) is 0 Å². The van der Waals surface area contributed by atoms with Crippen molar-refractivity contribution in [2.75, 3.05) is 11.7 Å². The minimum absolute atomic E-state index is 0.604. The number of pyridine rings is 1. The van der Waals surface area contributed by atoms with Gasteiger partial charge < -0.3 is 4.55 Å². The summed E-state index contributed by atoms with van der Waals surface area (Å²) in [5.41, 5.74) is 6.33. The van der Waals surface area contributed by atoms with Crippen LogP contribution in [-0.2, 0) is 17.2 Å². The summed E-state index contributed by atoms with van der Waals surface area (Å²) in [6.45, 7) is 2.06. The fourth-order valence-electron chi connectivity index (χ4n) is 1.47. The predicted octanol–water partition coefficient (Wildman–Crippen LogP) is 1.43. The Labute approximate surface area is 130 Å². The first-order chi connectivity index (χ1) is 10.3. The molecule has 0 unspecified atom stereocenters. The van der Waals surface area contributed by atoms with E-state index in [1.165, 1.54) is 5.56 Å². The molecule has 0 aliphatic heterocycles. The third kappa shape index (κ3) is 8.13. The highest BCUT2D eigenvalue weighted by Gasteiger charge is 1.94. The molecule has 0 fully saturated rings. The summed E-state index contributed by atoms with van der Waals surface area (Å²) in [6.07, 6.45) is 6.41. The third-order valence-corrected chi connectivity index (χ3v) is 2.55. The molecule has 22 heavy (non-hydrogen) atoms. The number of hydrogen-bond acceptors (Lipinski definition) is 5. The highest BCUT2D eigenvalue weighted by molar-refractivity contribution is 7.84. The maximum absolute atomic E-state index is 9.08. The molecule has 118 valence electrons. The van der Waals surface area contributed by atoms with Crippen LogP contribution in [0.4, 0.5) is 5.69 Å². The molecule has 0 atom stereocenters. The molecule has 1 heterocycles. The molecule has 1 aromatic heterocycles. The fraction of sp³-hybridized carbons (Fsp3) is 0.200. The van der Waals surface area contributed by atoms with Gasteiger partial charge in [-0.05, 0) is 18.6 Å². The minimum Gasteiger partial charge on any atom is -0.748 e. The molecular formula is C15H19N3O3S. The van der Waals surface area contributed by atoms with Crippen LogP contribution < -0.4 is 9.99 Å². The Morgan fingerprint density at radius 3 is 2.27 bits per heavy atom. The SMILES string of the molecule is CS(=O)(=O)[O-].Cc1ccccc1NN=Cc1cc[n+](C)cc1. The molecule has 0 aliphatic carbocycles. The zero-order valence-electron chi connectivity index (χ0n) is 12.7. The molecule has 0 spiro atoms. The zero-order chi connectivity index (χ0) is 16.6. The minimum atomic E-state index is -3.92. The van der Waals surface area contributed by atoms with Gasteiger partial charge in [0, 0.05) is 24.0 Å². The highest BCUT2D eigenvalue weighted by Crippen LogP contribution is 2.12. The van der Waals surface area contributed by atoms with E-state index in [1.54, 1.807) is 0 Å². The Balaban J connectivity index is 0.000000422. The molecule has 0 saturated heterocycles. The second-order valence-electron chi connectivity index (χ2n) is 4.69. The molecule has 0 radical (unpaired) electrons. The third-order valence-electron chi connectivity index (χ3n) is 2.55. The van der Waals surface area contributed by atoms with E-state index in [-0.39, 0.29) is 0 Å². The topological polar surface area (TPSA) is 85.5 Å². The molecule has 0 amide bonds. The molecular weight excluding hydrogens is 302 g/mol. The molecule has 7 heteroatoms. The van der Waals surface area contributed by atoms with Crippen molar-refractivity contribution >= 4 is 22.0 Å². The van der Waals surface area contributed by atoms with Gasteiger partial charge in [0.1, 0.15) is 7.05 Å². The van der Waals surface area contributed by atoms with Crippen LogP contribution in [0.2, 0.25) is 0 Å². The van der Waals surface area contributed by atoms with Crippen LogP contribution in [0.25, 0.3) is 0 Å². The number of benzene rings is 1. The van der Waals surface area contributed by atoms with Gasteiger partial charge >= 0.3 is 0 Å². The summed E-state index contributed by atoms with van der Waals surface area (Å²) in [5, 5.41) is 4.22. The van der Waals surface area contributed by atoms with E-state index in [1.807, 2.05) is 60.6 Å². The van der Waals surface area contributed by atoms with E-state index in [0.717, 1.165) is 11.3 Å². The van der Waals surface area contributed by atoms with Gasteiger partial charge in [-0.1, -0.05) is 18.2 Å². The summed E-state index contributed by atoms with van der Waals surface area (Å²) < 4.78 is 29.2. The number of hydrazone groups is 1. The molecule has 0 bridgehead atoms. The molecule has 2 rings (SSSR count). The van der Waals surface area contributed by atoms with E-state index >= 15 is 0 Å². The van der Waals surface area contributed by atoms with Gasteiger partial charge in [0.15, 0.2) is 12.4 Å². The molecule has 1 aromatic carbocycles. The average Bonchev–Trinajstić information content (AvgIpc) is 2.41. The van der Waals surface area contributed by atoms with Gasteiger partial charge in [0.05, 0.1) is 22.0 Å². The van der Waals surface area contributed by atoms with Crippen LogP contribution in [0, 0.1) is 6.92 Å². The van der Waals surface area contributed by atoms with Gasteiger partial charge in [-0.2, -0.15) is 5.10 Å². The first-order valence-electron chi connectivity index (χ1n) is 6.46. The summed E-state index contributed by atoms with van der Waals surface area (Å²) >= 11 is 0. The Bertz CT molecular complexity index is 718. The normalized spacial score (nSPS) is 10.9. The summed E-state index contributed by atoms with van der Waals surface area (Å²) in [7, 11) is -1.92. The number of para-hydroxylation sites is 1. The molecule has 0 saturated carbocycles. The van der Waals surface area contributed by atoms with Crippen molar-refractivity contribution < 1.29 is 17.5 Å². The lowest BCUT2D eigenvalue weighted by Gasteiger charge is -2.02. The van der Waals surface area contributed by atoms with Crippen LogP contribution in [0.3, 0.4) is 0 Å². The van der Waals surface area contributed by atoms with E-state index < -0.39 is 10.1 Å². The van der Waals surface area contributed by atoms with Crippen LogP contribution >= 0.6 is 0 Å². The number of aromatic nitrogens is 1. The Morgan fingerprint density at radius 1 is 1.18 bits per heavy atom. The largest absolute Gasteiger partial charge is 0.748 e. The number of hydrogen-bond donors (Lipinski definition) is 1. The molecule has 6 nitrogen and oxygen atoms in total. The van der Waals surface area contributed by atoms with Gasteiger partial charge in [0.25, 0.3) is 0 Å². The summed E-state index contributed by atoms with van der Waals surface area (Å²) in [5.74, 6) is 0. The van der Waals surface area contributed by atoms with Crippen molar-refractivity contribution in [1.29, 1.82) is 0 Å². The van der Waals surface area contributed by atoms with Crippen molar-refractivity contribution in [3.8, 4) is 0 Å². The standard InChI is InChI=1S/C14H15N3.CH4O3S/c1-12-5-3-4-6-14(12)16-15-11-13-7-9-17(2)10-8-13;1-5(2,3)4/h3-11H,1-2H3;1H3,(H,2,3,4). The number of anilines is 1. The second kappa shape index (κ2) is 8.26. The summed E-state index contributed by atoms with van der Waals surface area (Å²) in [6, 6.07) is 12.1. The van der Waals surface area contributed by atoms with Gasteiger partial charge in [-0.15, -0.1) is 0 Å². The lowest BCUT2D eigenvalue weighted by molar-refractivity contribution is -0.671. The summed E-state index contributed by atoms with van der Waals surface area (Å²) in [4.78, 5) is 0. The maximum Gasteiger partial charge on any atom is 0.169 e. The van der Waals surface area contributed by atoms with Gasteiger partial charge in [-0.3, -0.25) is 5.43 Å². The molecule has 2 aromatic rings. The number of nitrogens with one attached hydrogen (secondary N) is 1. The van der Waals surface area contributed by atoms with Gasteiger partial charge in [-0.25, -0.2) is 13.0 Å². The number of aryl methyl sites for hydroxylation is 2. The van der Waals surface area contributed by atoms with Crippen molar-refractivity contribution in [2.24, 2.45) is 12.1 Å². The second-order valence-corrected chi connectivity index (χ2v) is 6.09. The van der Waals surface area contributed by atoms with Crippen LogP contribution in [-0.4, -0.2) is 25.4 Å². The van der Waals surface area contributed by atoms with Crippen LogP contribution in [0.15, 0.2) is 53.9 Å². The first-order valence-corrected chi connectivity index (χ1v) is 8.28. The van der Waals surface area contributed by atoms with Crippen LogP contribution in [0.1, 0.15) is 11.1 Å². The lowest BCUT2D eigenvalue weighted by Crippen LogP contribution is -2.25. The predicted molar refractivity (Wildman–Crippen MR) is 85.6 cm³/mol. The lowest BCUT2D eigenvalue weighted by atomic mass is 10.2. The van der Waals surface area contributed by atoms with E-state index in [0.29, 0.717) is 6.26 Å². The average molecular weight is 321 g/mol.